The molecular weight excluding hydrogens is 414 g/mol. The van der Waals surface area contributed by atoms with Crippen LogP contribution in [0.5, 0.6) is 17.2 Å². The van der Waals surface area contributed by atoms with Gasteiger partial charge >= 0.3 is 0 Å². The molecule has 166 valence electrons. The van der Waals surface area contributed by atoms with Gasteiger partial charge in [-0.25, -0.2) is 4.68 Å². The van der Waals surface area contributed by atoms with E-state index in [2.05, 4.69) is 20.9 Å². The molecular formula is C22H23N5O5. The third-order valence-corrected chi connectivity index (χ3v) is 4.74. The quantitative estimate of drug-likeness (QED) is 0.584. The summed E-state index contributed by atoms with van der Waals surface area (Å²) < 4.78 is 17.8. The van der Waals surface area contributed by atoms with Crippen molar-refractivity contribution >= 4 is 23.2 Å². The monoisotopic (exact) mass is 437 g/mol. The summed E-state index contributed by atoms with van der Waals surface area (Å²) in [6.45, 7) is 5.02. The van der Waals surface area contributed by atoms with Crippen LogP contribution >= 0.6 is 0 Å². The normalized spacial score (nSPS) is 12.2. The lowest BCUT2D eigenvalue weighted by atomic mass is 10.2. The molecule has 0 atom stereocenters. The Labute approximate surface area is 184 Å². The molecule has 1 aromatic heterocycles. The van der Waals surface area contributed by atoms with E-state index in [-0.39, 0.29) is 18.1 Å². The van der Waals surface area contributed by atoms with E-state index in [9.17, 15) is 9.59 Å². The van der Waals surface area contributed by atoms with Gasteiger partial charge in [0.25, 0.3) is 5.91 Å². The van der Waals surface area contributed by atoms with Crippen LogP contribution in [0.1, 0.15) is 23.1 Å². The lowest BCUT2D eigenvalue weighted by Crippen LogP contribution is -2.21. The SMILES string of the molecule is CCOc1ccc(NC(=O)c2nnn(CC(=O)Nc3ccc4c(c3)OCCO4)c2C)cc1. The number of amides is 2. The number of rotatable bonds is 7. The molecule has 0 radical (unpaired) electrons. The fourth-order valence-corrected chi connectivity index (χ4v) is 3.17. The van der Waals surface area contributed by atoms with Gasteiger partial charge in [0, 0.05) is 17.4 Å². The number of nitrogens with zero attached hydrogens (tertiary/aromatic N) is 3. The second-order valence-electron chi connectivity index (χ2n) is 7.00. The maximum absolute atomic E-state index is 12.6. The highest BCUT2D eigenvalue weighted by atomic mass is 16.6. The lowest BCUT2D eigenvalue weighted by molar-refractivity contribution is -0.117. The largest absolute Gasteiger partial charge is 0.494 e. The number of hydrogen-bond donors (Lipinski definition) is 2. The van der Waals surface area contributed by atoms with Crippen LogP contribution in [0.3, 0.4) is 0 Å². The summed E-state index contributed by atoms with van der Waals surface area (Å²) in [5.41, 5.74) is 1.80. The van der Waals surface area contributed by atoms with Crippen LogP contribution in [0.25, 0.3) is 0 Å². The van der Waals surface area contributed by atoms with Crippen molar-refractivity contribution in [3.63, 3.8) is 0 Å². The van der Waals surface area contributed by atoms with Gasteiger partial charge in [-0.15, -0.1) is 5.10 Å². The summed E-state index contributed by atoms with van der Waals surface area (Å²) in [6.07, 6.45) is 0. The molecule has 10 nitrogen and oxygen atoms in total. The van der Waals surface area contributed by atoms with Gasteiger partial charge in [0.05, 0.1) is 12.3 Å². The minimum atomic E-state index is -0.412. The maximum atomic E-state index is 12.6. The molecule has 32 heavy (non-hydrogen) atoms. The number of fused-ring (bicyclic) bond motifs is 1. The Morgan fingerprint density at radius 3 is 2.50 bits per heavy atom. The van der Waals surface area contributed by atoms with E-state index >= 15 is 0 Å². The zero-order valence-electron chi connectivity index (χ0n) is 17.8. The van der Waals surface area contributed by atoms with Crippen molar-refractivity contribution < 1.29 is 23.8 Å². The van der Waals surface area contributed by atoms with Crippen molar-refractivity contribution in [2.45, 2.75) is 20.4 Å². The molecule has 10 heteroatoms. The van der Waals surface area contributed by atoms with Crippen LogP contribution < -0.4 is 24.8 Å². The smallest absolute Gasteiger partial charge is 0.278 e. The van der Waals surface area contributed by atoms with Crippen molar-refractivity contribution in [2.24, 2.45) is 0 Å². The Kier molecular flexibility index (Phi) is 6.20. The van der Waals surface area contributed by atoms with Crippen molar-refractivity contribution in [1.29, 1.82) is 0 Å². The minimum Gasteiger partial charge on any atom is -0.494 e. The Morgan fingerprint density at radius 1 is 1.03 bits per heavy atom. The number of aromatic nitrogens is 3. The minimum absolute atomic E-state index is 0.0936. The number of nitrogens with one attached hydrogen (secondary N) is 2. The fourth-order valence-electron chi connectivity index (χ4n) is 3.17. The molecule has 1 aliphatic rings. The summed E-state index contributed by atoms with van der Waals surface area (Å²) in [4.78, 5) is 25.1. The molecule has 0 unspecified atom stereocenters. The van der Waals surface area contributed by atoms with Crippen LogP contribution in [-0.4, -0.2) is 46.6 Å². The average molecular weight is 437 g/mol. The summed E-state index contributed by atoms with van der Waals surface area (Å²) in [5.74, 6) is 1.22. The first-order valence-corrected chi connectivity index (χ1v) is 10.2. The predicted molar refractivity (Wildman–Crippen MR) is 116 cm³/mol. The first kappa shape index (κ1) is 21.2. The lowest BCUT2D eigenvalue weighted by Gasteiger charge is -2.19. The molecule has 3 aromatic rings. The van der Waals surface area contributed by atoms with Gasteiger partial charge in [-0.3, -0.25) is 9.59 Å². The van der Waals surface area contributed by atoms with E-state index in [1.54, 1.807) is 49.4 Å². The van der Waals surface area contributed by atoms with Crippen molar-refractivity contribution in [2.75, 3.05) is 30.5 Å². The Hall–Kier alpha value is -4.08. The van der Waals surface area contributed by atoms with E-state index in [0.717, 1.165) is 5.75 Å². The third kappa shape index (κ3) is 4.80. The van der Waals surface area contributed by atoms with Crippen LogP contribution in [0.4, 0.5) is 11.4 Å². The zero-order valence-corrected chi connectivity index (χ0v) is 17.8. The molecule has 0 saturated heterocycles. The molecule has 0 spiro atoms. The molecule has 1 aliphatic heterocycles. The molecule has 2 aromatic carbocycles. The highest BCUT2D eigenvalue weighted by molar-refractivity contribution is 6.03. The Morgan fingerprint density at radius 2 is 1.75 bits per heavy atom. The first-order valence-electron chi connectivity index (χ1n) is 10.2. The van der Waals surface area contributed by atoms with E-state index in [0.29, 0.717) is 48.4 Å². The molecule has 4 rings (SSSR count). The Balaban J connectivity index is 1.37. The summed E-state index contributed by atoms with van der Waals surface area (Å²) in [5, 5.41) is 13.4. The molecule has 2 amide bonds. The van der Waals surface area contributed by atoms with Crippen molar-refractivity contribution in [3.8, 4) is 17.2 Å². The number of hydrogen-bond acceptors (Lipinski definition) is 7. The molecule has 0 bridgehead atoms. The van der Waals surface area contributed by atoms with Gasteiger partial charge < -0.3 is 24.8 Å². The van der Waals surface area contributed by atoms with E-state index in [4.69, 9.17) is 14.2 Å². The number of carbonyl (C=O) groups excluding carboxylic acids is 2. The van der Waals surface area contributed by atoms with E-state index < -0.39 is 5.91 Å². The number of ether oxygens (including phenoxy) is 3. The summed E-state index contributed by atoms with van der Waals surface area (Å²) in [7, 11) is 0. The van der Waals surface area contributed by atoms with Gasteiger partial charge in [-0.1, -0.05) is 5.21 Å². The predicted octanol–water partition coefficient (Wildman–Crippen LogP) is 2.65. The highest BCUT2D eigenvalue weighted by Gasteiger charge is 2.19. The standard InChI is InChI=1S/C22H23N5O5/c1-3-30-17-7-4-15(5-8-17)24-22(29)21-14(2)27(26-25-21)13-20(28)23-16-6-9-18-19(12-16)32-11-10-31-18/h4-9,12H,3,10-11,13H2,1-2H3,(H,23,28)(H,24,29). The number of benzene rings is 2. The molecule has 0 fully saturated rings. The second kappa shape index (κ2) is 9.38. The second-order valence-corrected chi connectivity index (χ2v) is 7.00. The van der Waals surface area contributed by atoms with E-state index in [1.165, 1.54) is 4.68 Å². The van der Waals surface area contributed by atoms with Crippen LogP contribution in [-0.2, 0) is 11.3 Å². The maximum Gasteiger partial charge on any atom is 0.278 e. The first-order chi connectivity index (χ1) is 15.5. The van der Waals surface area contributed by atoms with Crippen LogP contribution in [0, 0.1) is 6.92 Å². The number of anilines is 2. The van der Waals surface area contributed by atoms with Crippen molar-refractivity contribution in [1.82, 2.24) is 15.0 Å². The molecule has 0 aliphatic carbocycles. The van der Waals surface area contributed by atoms with Crippen LogP contribution in [0.15, 0.2) is 42.5 Å². The van der Waals surface area contributed by atoms with Crippen molar-refractivity contribution in [3.05, 3.63) is 53.9 Å². The van der Waals surface area contributed by atoms with Gasteiger partial charge in [0.2, 0.25) is 5.91 Å². The topological polar surface area (TPSA) is 117 Å². The fraction of sp³-hybridized carbons (Fsp3) is 0.273. The summed E-state index contributed by atoms with van der Waals surface area (Å²) >= 11 is 0. The van der Waals surface area contributed by atoms with Gasteiger partial charge in [-0.05, 0) is 50.2 Å². The highest BCUT2D eigenvalue weighted by Crippen LogP contribution is 2.32. The third-order valence-electron chi connectivity index (χ3n) is 4.74. The Bertz CT molecular complexity index is 1130. The molecule has 2 N–H and O–H groups in total. The van der Waals surface area contributed by atoms with Gasteiger partial charge in [-0.2, -0.15) is 0 Å². The van der Waals surface area contributed by atoms with Gasteiger partial charge in [0.15, 0.2) is 17.2 Å². The number of carbonyl (C=O) groups is 2. The molecule has 0 saturated carbocycles. The van der Waals surface area contributed by atoms with Crippen LogP contribution in [0.2, 0.25) is 0 Å². The van der Waals surface area contributed by atoms with Gasteiger partial charge in [0.1, 0.15) is 25.5 Å². The van der Waals surface area contributed by atoms with E-state index in [1.807, 2.05) is 6.92 Å². The zero-order chi connectivity index (χ0) is 22.5. The summed E-state index contributed by atoms with van der Waals surface area (Å²) in [6, 6.07) is 12.2. The average Bonchev–Trinajstić information content (AvgIpc) is 3.15. The molecule has 2 heterocycles.